The van der Waals surface area contributed by atoms with E-state index < -0.39 is 0 Å². The Morgan fingerprint density at radius 1 is 1.18 bits per heavy atom. The van der Waals surface area contributed by atoms with Gasteiger partial charge in [0.1, 0.15) is 0 Å². The van der Waals surface area contributed by atoms with Crippen LogP contribution in [0.15, 0.2) is 47.4 Å². The molecule has 0 saturated carbocycles. The van der Waals surface area contributed by atoms with Gasteiger partial charge in [-0.1, -0.05) is 17.7 Å². The largest absolute Gasteiger partial charge is 0.325 e. The van der Waals surface area contributed by atoms with Gasteiger partial charge in [0.25, 0.3) is 5.56 Å². The molecule has 0 radical (unpaired) electrons. The Hall–Kier alpha value is -3.76. The summed E-state index contributed by atoms with van der Waals surface area (Å²) < 4.78 is 1.76. The van der Waals surface area contributed by atoms with E-state index in [1.807, 2.05) is 44.3 Å². The molecule has 0 atom stereocenters. The minimum absolute atomic E-state index is 0.215. The zero-order valence-corrected chi connectivity index (χ0v) is 15.5. The zero-order chi connectivity index (χ0) is 19.8. The predicted molar refractivity (Wildman–Crippen MR) is 107 cm³/mol. The highest BCUT2D eigenvalue weighted by Crippen LogP contribution is 2.35. The van der Waals surface area contributed by atoms with Crippen LogP contribution >= 0.6 is 0 Å². The molecule has 28 heavy (non-hydrogen) atoms. The highest BCUT2D eigenvalue weighted by atomic mass is 16.1. The van der Waals surface area contributed by atoms with E-state index in [9.17, 15) is 10.1 Å². The van der Waals surface area contributed by atoms with E-state index in [2.05, 4.69) is 21.4 Å². The van der Waals surface area contributed by atoms with Crippen LogP contribution in [-0.4, -0.2) is 20.0 Å². The number of rotatable bonds is 3. The number of hydrogen-bond acceptors (Lipinski definition) is 5. The van der Waals surface area contributed by atoms with Gasteiger partial charge in [0.05, 0.1) is 34.6 Å². The molecule has 7 nitrogen and oxygen atoms in total. The Labute approximate surface area is 161 Å². The summed E-state index contributed by atoms with van der Waals surface area (Å²) in [6.07, 6.45) is 1.77. The fourth-order valence-electron chi connectivity index (χ4n) is 3.46. The van der Waals surface area contributed by atoms with E-state index in [0.717, 1.165) is 27.9 Å². The van der Waals surface area contributed by atoms with Gasteiger partial charge in [0.15, 0.2) is 0 Å². The summed E-state index contributed by atoms with van der Waals surface area (Å²) in [6, 6.07) is 13.5. The van der Waals surface area contributed by atoms with E-state index in [-0.39, 0.29) is 12.1 Å². The Kier molecular flexibility index (Phi) is 4.26. The zero-order valence-electron chi connectivity index (χ0n) is 15.5. The first-order valence-corrected chi connectivity index (χ1v) is 8.78. The third-order valence-corrected chi connectivity index (χ3v) is 4.86. The Bertz CT molecular complexity index is 1310. The number of nitriles is 1. The van der Waals surface area contributed by atoms with Crippen molar-refractivity contribution >= 4 is 10.8 Å². The van der Waals surface area contributed by atoms with Gasteiger partial charge in [0.2, 0.25) is 0 Å². The molecule has 7 heteroatoms. The van der Waals surface area contributed by atoms with Crippen LogP contribution in [0, 0.1) is 18.3 Å². The molecular weight excluding hydrogens is 352 g/mol. The highest BCUT2D eigenvalue weighted by molar-refractivity contribution is 5.91. The number of nitrogens with zero attached hydrogens (tertiary/aromatic N) is 4. The minimum atomic E-state index is -0.254. The second-order valence-corrected chi connectivity index (χ2v) is 6.66. The molecule has 0 fully saturated rings. The topological polar surface area (TPSA) is 113 Å². The fourth-order valence-corrected chi connectivity index (χ4v) is 3.46. The van der Waals surface area contributed by atoms with Gasteiger partial charge in [-0.3, -0.25) is 9.48 Å². The van der Waals surface area contributed by atoms with Crippen LogP contribution < -0.4 is 11.3 Å². The summed E-state index contributed by atoms with van der Waals surface area (Å²) in [4.78, 5) is 12.1. The van der Waals surface area contributed by atoms with Crippen molar-refractivity contribution in [3.63, 3.8) is 0 Å². The quantitative estimate of drug-likeness (QED) is 0.575. The monoisotopic (exact) mass is 370 g/mol. The number of aryl methyl sites for hydroxylation is 2. The van der Waals surface area contributed by atoms with Gasteiger partial charge in [-0.25, -0.2) is 5.10 Å². The van der Waals surface area contributed by atoms with E-state index >= 15 is 0 Å². The number of benzene rings is 2. The highest BCUT2D eigenvalue weighted by Gasteiger charge is 2.17. The average molecular weight is 370 g/mol. The summed E-state index contributed by atoms with van der Waals surface area (Å²) in [5.41, 5.74) is 11.2. The lowest BCUT2D eigenvalue weighted by molar-refractivity contribution is 0.775. The molecule has 138 valence electrons. The standard InChI is InChI=1S/C21H18N6O/c1-12-3-4-14(9-22)16(7-12)20-18(11-24-27(20)2)13-5-6-15-17(8-13)19(10-23)25-26-21(15)28/h3-8,11H,10,23H2,1-2H3,(H,26,28). The minimum Gasteiger partial charge on any atom is -0.325 e. The number of nitrogens with one attached hydrogen (secondary N) is 1. The molecule has 0 aliphatic carbocycles. The first-order chi connectivity index (χ1) is 13.5. The lowest BCUT2D eigenvalue weighted by Crippen LogP contribution is -2.13. The number of H-pyrrole nitrogens is 1. The van der Waals surface area contributed by atoms with Gasteiger partial charge >= 0.3 is 0 Å². The van der Waals surface area contributed by atoms with Gasteiger partial charge in [-0.15, -0.1) is 0 Å². The molecule has 0 amide bonds. The van der Waals surface area contributed by atoms with Crippen molar-refractivity contribution in [2.75, 3.05) is 0 Å². The predicted octanol–water partition coefficient (Wildman–Crippen LogP) is 2.63. The number of aromatic nitrogens is 4. The van der Waals surface area contributed by atoms with Crippen LogP contribution in [0.3, 0.4) is 0 Å². The summed E-state index contributed by atoms with van der Waals surface area (Å²) in [5, 5.41) is 21.8. The van der Waals surface area contributed by atoms with Crippen LogP contribution in [0.4, 0.5) is 0 Å². The van der Waals surface area contributed by atoms with E-state index in [4.69, 9.17) is 5.73 Å². The third kappa shape index (κ3) is 2.76. The molecule has 0 aliphatic rings. The molecule has 0 bridgehead atoms. The molecule has 0 spiro atoms. The van der Waals surface area contributed by atoms with Crippen molar-refractivity contribution in [2.24, 2.45) is 12.8 Å². The molecule has 0 unspecified atom stereocenters. The Balaban J connectivity index is 2.00. The maximum absolute atomic E-state index is 12.1. The van der Waals surface area contributed by atoms with Gasteiger partial charge in [0, 0.05) is 30.1 Å². The normalized spacial score (nSPS) is 10.9. The summed E-state index contributed by atoms with van der Waals surface area (Å²) in [6.45, 7) is 2.20. The SMILES string of the molecule is Cc1ccc(C#N)c(-c2c(-c3ccc4c(=O)[nH]nc(CN)c4c3)cnn2C)c1. The second-order valence-electron chi connectivity index (χ2n) is 6.66. The molecule has 2 aromatic carbocycles. The number of aromatic amines is 1. The first kappa shape index (κ1) is 17.6. The number of hydrogen-bond donors (Lipinski definition) is 2. The number of fused-ring (bicyclic) bond motifs is 1. The van der Waals surface area contributed by atoms with Crippen molar-refractivity contribution in [1.82, 2.24) is 20.0 Å². The van der Waals surface area contributed by atoms with Crippen molar-refractivity contribution < 1.29 is 0 Å². The molecular formula is C21H18N6O. The Morgan fingerprint density at radius 3 is 2.75 bits per heavy atom. The fraction of sp³-hybridized carbons (Fsp3) is 0.143. The smallest absolute Gasteiger partial charge is 0.272 e. The molecule has 3 N–H and O–H groups in total. The average Bonchev–Trinajstić information content (AvgIpc) is 3.09. The van der Waals surface area contributed by atoms with Crippen molar-refractivity contribution in [3.8, 4) is 28.5 Å². The maximum atomic E-state index is 12.1. The molecule has 2 aromatic heterocycles. The first-order valence-electron chi connectivity index (χ1n) is 8.78. The van der Waals surface area contributed by atoms with Gasteiger partial charge < -0.3 is 5.73 Å². The second kappa shape index (κ2) is 6.76. The molecule has 2 heterocycles. The van der Waals surface area contributed by atoms with Gasteiger partial charge in [-0.2, -0.15) is 15.5 Å². The lowest BCUT2D eigenvalue weighted by Gasteiger charge is -2.11. The molecule has 0 aliphatic heterocycles. The van der Waals surface area contributed by atoms with Crippen LogP contribution in [0.5, 0.6) is 0 Å². The van der Waals surface area contributed by atoms with E-state index in [0.29, 0.717) is 22.0 Å². The van der Waals surface area contributed by atoms with E-state index in [1.165, 1.54) is 0 Å². The lowest BCUT2D eigenvalue weighted by atomic mass is 9.95. The number of nitrogens with two attached hydrogens (primary N) is 1. The summed E-state index contributed by atoms with van der Waals surface area (Å²) >= 11 is 0. The van der Waals surface area contributed by atoms with E-state index in [1.54, 1.807) is 16.9 Å². The van der Waals surface area contributed by atoms with Crippen LogP contribution in [-0.2, 0) is 13.6 Å². The van der Waals surface area contributed by atoms with Crippen molar-refractivity contribution in [2.45, 2.75) is 13.5 Å². The third-order valence-electron chi connectivity index (χ3n) is 4.86. The Morgan fingerprint density at radius 2 is 2.00 bits per heavy atom. The van der Waals surface area contributed by atoms with Gasteiger partial charge in [-0.05, 0) is 36.8 Å². The van der Waals surface area contributed by atoms with Crippen LogP contribution in [0.25, 0.3) is 33.2 Å². The maximum Gasteiger partial charge on any atom is 0.272 e. The van der Waals surface area contributed by atoms with Crippen LogP contribution in [0.2, 0.25) is 0 Å². The molecule has 4 rings (SSSR count). The summed E-state index contributed by atoms with van der Waals surface area (Å²) in [5.74, 6) is 0. The molecule has 0 saturated heterocycles. The van der Waals surface area contributed by atoms with Crippen molar-refractivity contribution in [1.29, 1.82) is 5.26 Å². The molecule has 4 aromatic rings. The summed E-state index contributed by atoms with van der Waals surface area (Å²) in [7, 11) is 1.85. The van der Waals surface area contributed by atoms with Crippen LogP contribution in [0.1, 0.15) is 16.8 Å². The van der Waals surface area contributed by atoms with Crippen molar-refractivity contribution in [3.05, 3.63) is 69.8 Å².